The van der Waals surface area contributed by atoms with Crippen molar-refractivity contribution in [2.45, 2.75) is 32.1 Å². The summed E-state index contributed by atoms with van der Waals surface area (Å²) in [5.74, 6) is 0.603. The van der Waals surface area contributed by atoms with Crippen molar-refractivity contribution in [1.82, 2.24) is 0 Å². The van der Waals surface area contributed by atoms with Gasteiger partial charge in [0, 0.05) is 16.4 Å². The van der Waals surface area contributed by atoms with Gasteiger partial charge >= 0.3 is 0 Å². The Balaban J connectivity index is 1.68. The van der Waals surface area contributed by atoms with Crippen molar-refractivity contribution in [3.05, 3.63) is 93.1 Å². The molecule has 0 radical (unpaired) electrons. The molecule has 1 saturated carbocycles. The van der Waals surface area contributed by atoms with Crippen LogP contribution in [0.15, 0.2) is 78.0 Å². The van der Waals surface area contributed by atoms with Gasteiger partial charge in [0.15, 0.2) is 0 Å². The minimum absolute atomic E-state index is 0.541. The summed E-state index contributed by atoms with van der Waals surface area (Å²) in [6.07, 6.45) is 10.6. The first kappa shape index (κ1) is 20.0. The Labute approximate surface area is 192 Å². The van der Waals surface area contributed by atoms with Crippen molar-refractivity contribution in [2.75, 3.05) is 4.90 Å². The highest BCUT2D eigenvalue weighted by atomic mass is 35.5. The summed E-state index contributed by atoms with van der Waals surface area (Å²) in [7, 11) is 0. The first-order chi connectivity index (χ1) is 14.6. The van der Waals surface area contributed by atoms with Gasteiger partial charge in [-0.05, 0) is 72.7 Å². The van der Waals surface area contributed by atoms with E-state index in [1.807, 2.05) is 0 Å². The molecule has 3 aromatic carbocycles. The molecule has 152 valence electrons. The molecule has 2 aliphatic rings. The average Bonchev–Trinajstić information content (AvgIpc) is 2.75. The fraction of sp³-hybridized carbons (Fsp3) is 0.231. The van der Waals surface area contributed by atoms with Crippen LogP contribution in [0.25, 0.3) is 10.8 Å². The van der Waals surface area contributed by atoms with E-state index >= 15 is 0 Å². The van der Waals surface area contributed by atoms with Crippen LogP contribution in [0.3, 0.4) is 0 Å². The number of allylic oxidation sites excluding steroid dienone is 4. The largest absolute Gasteiger partial charge is 0.311 e. The van der Waals surface area contributed by atoms with Crippen LogP contribution in [-0.2, 0) is 0 Å². The number of anilines is 2. The Kier molecular flexibility index (Phi) is 5.54. The van der Waals surface area contributed by atoms with E-state index in [1.165, 1.54) is 42.2 Å². The second kappa shape index (κ2) is 8.30. The number of rotatable bonds is 3. The summed E-state index contributed by atoms with van der Waals surface area (Å²) in [6.45, 7) is 0. The number of halogens is 3. The standard InChI is InChI=1S/C26H22Cl3N/c27-21-15-24(28)26(25(29)16-21)30(22-11-9-17-5-1-3-7-19(17)13-22)23-12-10-18-6-2-4-8-20(18)14-23/h1,3,5,7,9-13,15-16,20H,2,4,6,8,14H2. The molecule has 0 aromatic heterocycles. The molecule has 1 nitrogen and oxygen atoms in total. The first-order valence-electron chi connectivity index (χ1n) is 10.4. The van der Waals surface area contributed by atoms with Crippen molar-refractivity contribution in [3.8, 4) is 0 Å². The molecule has 0 aliphatic heterocycles. The zero-order valence-corrected chi connectivity index (χ0v) is 18.8. The molecule has 0 spiro atoms. The third-order valence-electron chi connectivity index (χ3n) is 6.22. The molecule has 3 aromatic rings. The van der Waals surface area contributed by atoms with Gasteiger partial charge in [0.25, 0.3) is 0 Å². The smallest absolute Gasteiger partial charge is 0.0833 e. The van der Waals surface area contributed by atoms with E-state index in [0.717, 1.165) is 17.8 Å². The summed E-state index contributed by atoms with van der Waals surface area (Å²) in [5.41, 5.74) is 4.64. The van der Waals surface area contributed by atoms with Gasteiger partial charge in [-0.3, -0.25) is 0 Å². The van der Waals surface area contributed by atoms with Crippen molar-refractivity contribution in [2.24, 2.45) is 5.92 Å². The minimum atomic E-state index is 0.541. The van der Waals surface area contributed by atoms with Gasteiger partial charge in [0.05, 0.1) is 15.7 Å². The highest BCUT2D eigenvalue weighted by molar-refractivity contribution is 6.42. The van der Waals surface area contributed by atoms with Crippen molar-refractivity contribution in [3.63, 3.8) is 0 Å². The Hall–Kier alpha value is -1.93. The zero-order valence-electron chi connectivity index (χ0n) is 16.5. The highest BCUT2D eigenvalue weighted by Gasteiger charge is 2.28. The van der Waals surface area contributed by atoms with Crippen LogP contribution in [0.1, 0.15) is 32.1 Å². The lowest BCUT2D eigenvalue weighted by Crippen LogP contribution is -2.23. The van der Waals surface area contributed by atoms with Crippen molar-refractivity contribution >= 4 is 57.0 Å². The van der Waals surface area contributed by atoms with Crippen LogP contribution in [-0.4, -0.2) is 0 Å². The molecule has 0 saturated heterocycles. The lowest BCUT2D eigenvalue weighted by atomic mass is 9.78. The first-order valence-corrected chi connectivity index (χ1v) is 11.6. The van der Waals surface area contributed by atoms with Gasteiger partial charge in [-0.15, -0.1) is 0 Å². The number of fused-ring (bicyclic) bond motifs is 2. The lowest BCUT2D eigenvalue weighted by molar-refractivity contribution is 0.443. The van der Waals surface area contributed by atoms with E-state index in [2.05, 4.69) is 59.5 Å². The molecule has 30 heavy (non-hydrogen) atoms. The quantitative estimate of drug-likeness (QED) is 0.381. The van der Waals surface area contributed by atoms with Gasteiger partial charge < -0.3 is 4.90 Å². The van der Waals surface area contributed by atoms with E-state index in [1.54, 1.807) is 17.7 Å². The molecule has 1 unspecified atom stereocenters. The van der Waals surface area contributed by atoms with Crippen LogP contribution in [0.2, 0.25) is 15.1 Å². The van der Waals surface area contributed by atoms with E-state index in [9.17, 15) is 0 Å². The normalized spacial score (nSPS) is 18.6. The number of nitrogens with zero attached hydrogens (tertiary/aromatic N) is 1. The third kappa shape index (κ3) is 3.75. The molecule has 1 fully saturated rings. The molecule has 1 atom stereocenters. The predicted molar refractivity (Wildman–Crippen MR) is 130 cm³/mol. The summed E-state index contributed by atoms with van der Waals surface area (Å²) in [4.78, 5) is 2.22. The fourth-order valence-corrected chi connectivity index (χ4v) is 5.74. The molecule has 4 heteroatoms. The van der Waals surface area contributed by atoms with Crippen LogP contribution in [0, 0.1) is 5.92 Å². The van der Waals surface area contributed by atoms with Gasteiger partial charge in [-0.1, -0.05) is 83.2 Å². The number of hydrogen-bond donors (Lipinski definition) is 0. The Morgan fingerprint density at radius 1 is 0.800 bits per heavy atom. The van der Waals surface area contributed by atoms with Crippen LogP contribution < -0.4 is 4.90 Å². The van der Waals surface area contributed by atoms with E-state index in [-0.39, 0.29) is 0 Å². The van der Waals surface area contributed by atoms with Gasteiger partial charge in [-0.2, -0.15) is 0 Å². The third-order valence-corrected chi connectivity index (χ3v) is 7.02. The second-order valence-electron chi connectivity index (χ2n) is 8.13. The van der Waals surface area contributed by atoms with Crippen LogP contribution >= 0.6 is 34.8 Å². The van der Waals surface area contributed by atoms with E-state index < -0.39 is 0 Å². The monoisotopic (exact) mass is 453 g/mol. The Bertz CT molecular complexity index is 1150. The van der Waals surface area contributed by atoms with E-state index in [0.29, 0.717) is 21.0 Å². The summed E-state index contributed by atoms with van der Waals surface area (Å²) in [6, 6.07) is 18.4. The van der Waals surface area contributed by atoms with Crippen LogP contribution in [0.5, 0.6) is 0 Å². The molecule has 0 heterocycles. The maximum atomic E-state index is 6.70. The number of hydrogen-bond acceptors (Lipinski definition) is 1. The maximum Gasteiger partial charge on any atom is 0.0833 e. The summed E-state index contributed by atoms with van der Waals surface area (Å²) >= 11 is 19.6. The highest BCUT2D eigenvalue weighted by Crippen LogP contribution is 2.46. The molecular formula is C26H22Cl3N. The molecule has 2 aliphatic carbocycles. The van der Waals surface area contributed by atoms with Crippen molar-refractivity contribution < 1.29 is 0 Å². The molecule has 0 bridgehead atoms. The Morgan fingerprint density at radius 3 is 2.37 bits per heavy atom. The minimum Gasteiger partial charge on any atom is -0.311 e. The molecule has 0 amide bonds. The van der Waals surface area contributed by atoms with Gasteiger partial charge in [0.2, 0.25) is 0 Å². The summed E-state index contributed by atoms with van der Waals surface area (Å²) in [5, 5.41) is 4.05. The predicted octanol–water partition coefficient (Wildman–Crippen LogP) is 9.34. The zero-order chi connectivity index (χ0) is 20.7. The van der Waals surface area contributed by atoms with Crippen LogP contribution in [0.4, 0.5) is 11.4 Å². The van der Waals surface area contributed by atoms with Crippen molar-refractivity contribution in [1.29, 1.82) is 0 Å². The molecule has 5 rings (SSSR count). The average molecular weight is 455 g/mol. The molecule has 0 N–H and O–H groups in total. The molecular weight excluding hydrogens is 433 g/mol. The van der Waals surface area contributed by atoms with Gasteiger partial charge in [0.1, 0.15) is 0 Å². The second-order valence-corrected chi connectivity index (χ2v) is 9.38. The number of benzene rings is 3. The topological polar surface area (TPSA) is 3.24 Å². The Morgan fingerprint density at radius 2 is 1.57 bits per heavy atom. The lowest BCUT2D eigenvalue weighted by Gasteiger charge is -2.36. The SMILES string of the molecule is Clc1cc(Cl)c(N(C2=CC=C3CCCCC3C2)c2ccc3ccccc3c2)c(Cl)c1. The maximum absolute atomic E-state index is 6.70. The van der Waals surface area contributed by atoms with Gasteiger partial charge in [-0.25, -0.2) is 0 Å². The summed E-state index contributed by atoms with van der Waals surface area (Å²) < 4.78 is 0. The van der Waals surface area contributed by atoms with E-state index in [4.69, 9.17) is 34.8 Å². The fourth-order valence-electron chi connectivity index (χ4n) is 4.75.